The van der Waals surface area contributed by atoms with E-state index in [-0.39, 0.29) is 6.10 Å². The van der Waals surface area contributed by atoms with Gasteiger partial charge in [0.2, 0.25) is 0 Å². The van der Waals surface area contributed by atoms with Gasteiger partial charge in [0, 0.05) is 0 Å². The number of hydrogen-bond acceptors (Lipinski definition) is 1. The van der Waals surface area contributed by atoms with E-state index < -0.39 is 0 Å². The second-order valence-electron chi connectivity index (χ2n) is 12.3. The molecular formula is C28H46O. The molecule has 0 bridgehead atoms. The number of aliphatic hydroxyl groups excluding tert-OH is 1. The van der Waals surface area contributed by atoms with E-state index in [2.05, 4.69) is 59.8 Å². The minimum Gasteiger partial charge on any atom is -0.393 e. The number of fused-ring (bicyclic) bond motifs is 5. The molecule has 29 heavy (non-hydrogen) atoms. The summed E-state index contributed by atoms with van der Waals surface area (Å²) in [6, 6.07) is 0. The maximum atomic E-state index is 10.2. The van der Waals surface area contributed by atoms with Gasteiger partial charge in [0.1, 0.15) is 0 Å². The molecule has 4 rings (SSSR count). The van der Waals surface area contributed by atoms with Crippen LogP contribution in [0.15, 0.2) is 23.8 Å². The molecule has 1 nitrogen and oxygen atoms in total. The molecule has 0 aromatic carbocycles. The topological polar surface area (TPSA) is 20.2 Å². The van der Waals surface area contributed by atoms with Crippen molar-refractivity contribution in [3.05, 3.63) is 23.8 Å². The van der Waals surface area contributed by atoms with Gasteiger partial charge in [-0.05, 0) is 104 Å². The van der Waals surface area contributed by atoms with Crippen LogP contribution in [-0.2, 0) is 0 Å². The SMILES string of the molecule is CC(C)C(C)C=C[C@@H](C)[C@H]1CC[C@H]2C3=CCC4C[C@@H](O)CC[C@]4(C)[C@H]3CC[C@]12C. The molecule has 3 saturated carbocycles. The van der Waals surface area contributed by atoms with Crippen LogP contribution in [0.4, 0.5) is 0 Å². The summed E-state index contributed by atoms with van der Waals surface area (Å²) >= 11 is 0. The largest absolute Gasteiger partial charge is 0.393 e. The van der Waals surface area contributed by atoms with Crippen LogP contribution in [0.2, 0.25) is 0 Å². The third-order valence-electron chi connectivity index (χ3n) is 10.5. The monoisotopic (exact) mass is 398 g/mol. The van der Waals surface area contributed by atoms with Gasteiger partial charge in [-0.1, -0.05) is 65.3 Å². The molecule has 2 unspecified atom stereocenters. The smallest absolute Gasteiger partial charge is 0.0543 e. The minimum atomic E-state index is -0.0476. The zero-order valence-corrected chi connectivity index (χ0v) is 20.0. The normalized spacial score (nSPS) is 46.8. The predicted octanol–water partition coefficient (Wildman–Crippen LogP) is 7.41. The van der Waals surface area contributed by atoms with Crippen molar-refractivity contribution in [3.8, 4) is 0 Å². The second kappa shape index (κ2) is 7.85. The van der Waals surface area contributed by atoms with Crippen molar-refractivity contribution < 1.29 is 5.11 Å². The van der Waals surface area contributed by atoms with Crippen molar-refractivity contribution in [3.63, 3.8) is 0 Å². The summed E-state index contributed by atoms with van der Waals surface area (Å²) < 4.78 is 0. The van der Waals surface area contributed by atoms with Crippen LogP contribution in [0.5, 0.6) is 0 Å². The first-order valence-electron chi connectivity index (χ1n) is 12.7. The Morgan fingerprint density at radius 2 is 1.62 bits per heavy atom. The fourth-order valence-corrected chi connectivity index (χ4v) is 8.10. The zero-order valence-electron chi connectivity index (χ0n) is 20.0. The Kier molecular flexibility index (Phi) is 5.86. The first-order valence-corrected chi connectivity index (χ1v) is 12.7. The van der Waals surface area contributed by atoms with Crippen molar-refractivity contribution in [1.29, 1.82) is 0 Å². The van der Waals surface area contributed by atoms with E-state index in [4.69, 9.17) is 0 Å². The Morgan fingerprint density at radius 1 is 0.931 bits per heavy atom. The van der Waals surface area contributed by atoms with Gasteiger partial charge in [-0.15, -0.1) is 0 Å². The van der Waals surface area contributed by atoms with Gasteiger partial charge >= 0.3 is 0 Å². The number of hydrogen-bond donors (Lipinski definition) is 1. The maximum absolute atomic E-state index is 10.2. The summed E-state index contributed by atoms with van der Waals surface area (Å²) in [6.45, 7) is 14.7. The molecule has 0 radical (unpaired) electrons. The van der Waals surface area contributed by atoms with E-state index >= 15 is 0 Å². The number of aliphatic hydroxyl groups is 1. The molecular weight excluding hydrogens is 352 g/mol. The quantitative estimate of drug-likeness (QED) is 0.489. The van der Waals surface area contributed by atoms with Gasteiger partial charge in [-0.25, -0.2) is 0 Å². The van der Waals surface area contributed by atoms with Gasteiger partial charge in [0.15, 0.2) is 0 Å². The van der Waals surface area contributed by atoms with E-state index in [1.165, 1.54) is 38.5 Å². The van der Waals surface area contributed by atoms with Gasteiger partial charge in [0.25, 0.3) is 0 Å². The van der Waals surface area contributed by atoms with Gasteiger partial charge < -0.3 is 5.11 Å². The molecule has 0 aromatic heterocycles. The van der Waals surface area contributed by atoms with Crippen molar-refractivity contribution in [2.75, 3.05) is 0 Å². The van der Waals surface area contributed by atoms with Crippen molar-refractivity contribution >= 4 is 0 Å². The molecule has 4 aliphatic carbocycles. The van der Waals surface area contributed by atoms with Crippen molar-refractivity contribution in [1.82, 2.24) is 0 Å². The summed E-state index contributed by atoms with van der Waals surface area (Å²) in [6.07, 6.45) is 17.8. The molecule has 4 aliphatic rings. The number of allylic oxidation sites excluding steroid dienone is 4. The fourth-order valence-electron chi connectivity index (χ4n) is 8.10. The summed E-state index contributed by atoms with van der Waals surface area (Å²) in [5, 5.41) is 10.2. The highest BCUT2D eigenvalue weighted by Crippen LogP contribution is 2.66. The highest BCUT2D eigenvalue weighted by molar-refractivity contribution is 5.28. The Labute approximate surface area is 180 Å². The molecule has 0 aliphatic heterocycles. The third kappa shape index (κ3) is 3.58. The molecule has 3 fully saturated rings. The van der Waals surface area contributed by atoms with Crippen molar-refractivity contribution in [2.24, 2.45) is 52.3 Å². The molecule has 1 heteroatoms. The lowest BCUT2D eigenvalue weighted by Gasteiger charge is -2.57. The Hall–Kier alpha value is -0.560. The van der Waals surface area contributed by atoms with E-state index in [0.29, 0.717) is 28.6 Å². The molecule has 0 amide bonds. The fraction of sp³-hybridized carbons (Fsp3) is 0.857. The molecule has 1 N–H and O–H groups in total. The Bertz CT molecular complexity index is 659. The summed E-state index contributed by atoms with van der Waals surface area (Å²) in [5.41, 5.74) is 2.79. The van der Waals surface area contributed by atoms with Gasteiger partial charge in [-0.2, -0.15) is 0 Å². The van der Waals surface area contributed by atoms with Gasteiger partial charge in [-0.3, -0.25) is 0 Å². The highest BCUT2D eigenvalue weighted by atomic mass is 16.3. The van der Waals surface area contributed by atoms with Crippen LogP contribution in [0.25, 0.3) is 0 Å². The third-order valence-corrected chi connectivity index (χ3v) is 10.5. The lowest BCUT2D eigenvalue weighted by molar-refractivity contribution is -0.0414. The molecule has 0 heterocycles. The average Bonchev–Trinajstić information content (AvgIpc) is 3.03. The first kappa shape index (κ1) is 21.7. The second-order valence-corrected chi connectivity index (χ2v) is 12.3. The summed E-state index contributed by atoms with van der Waals surface area (Å²) in [7, 11) is 0. The van der Waals surface area contributed by atoms with Crippen LogP contribution in [-0.4, -0.2) is 11.2 Å². The summed E-state index contributed by atoms with van der Waals surface area (Å²) in [4.78, 5) is 0. The average molecular weight is 399 g/mol. The standard InChI is InChI=1S/C28H46O/c1-18(2)19(3)7-8-20(4)24-11-12-25-23-10-9-21-17-22(29)13-15-27(21,5)26(23)14-16-28(24,25)6/h7-8,10,18-22,24-26,29H,9,11-17H2,1-6H3/t19?,20-,21?,22+,24-,25+,26+,27+,28-/m1/s1. The molecule has 9 atom stereocenters. The minimum absolute atomic E-state index is 0.0476. The van der Waals surface area contributed by atoms with Crippen LogP contribution >= 0.6 is 0 Å². The lowest BCUT2D eigenvalue weighted by Crippen LogP contribution is -2.49. The Morgan fingerprint density at radius 3 is 2.34 bits per heavy atom. The first-order chi connectivity index (χ1) is 13.7. The maximum Gasteiger partial charge on any atom is 0.0543 e. The zero-order chi connectivity index (χ0) is 21.0. The molecule has 0 aromatic rings. The summed E-state index contributed by atoms with van der Waals surface area (Å²) in [5.74, 6) is 5.25. The van der Waals surface area contributed by atoms with Crippen LogP contribution in [0, 0.1) is 52.3 Å². The Balaban J connectivity index is 1.54. The molecule has 164 valence electrons. The predicted molar refractivity (Wildman–Crippen MR) is 124 cm³/mol. The molecule has 0 spiro atoms. The van der Waals surface area contributed by atoms with E-state index in [0.717, 1.165) is 36.5 Å². The highest BCUT2D eigenvalue weighted by Gasteiger charge is 2.57. The van der Waals surface area contributed by atoms with E-state index in [1.807, 2.05) is 5.57 Å². The van der Waals surface area contributed by atoms with Crippen LogP contribution < -0.4 is 0 Å². The van der Waals surface area contributed by atoms with E-state index in [9.17, 15) is 5.11 Å². The van der Waals surface area contributed by atoms with Crippen LogP contribution in [0.1, 0.15) is 92.9 Å². The van der Waals surface area contributed by atoms with E-state index in [1.54, 1.807) is 0 Å². The van der Waals surface area contributed by atoms with Gasteiger partial charge in [0.05, 0.1) is 6.10 Å². The lowest BCUT2D eigenvalue weighted by atomic mass is 9.47. The van der Waals surface area contributed by atoms with Crippen LogP contribution in [0.3, 0.4) is 0 Å². The van der Waals surface area contributed by atoms with Crippen molar-refractivity contribution in [2.45, 2.75) is 99.0 Å². The molecule has 0 saturated heterocycles. The number of rotatable bonds is 4.